The van der Waals surface area contributed by atoms with Gasteiger partial charge in [-0.05, 0) is 147 Å². The van der Waals surface area contributed by atoms with Gasteiger partial charge in [-0.15, -0.1) is 0 Å². The molecule has 2 heterocycles. The van der Waals surface area contributed by atoms with Crippen LogP contribution in [0, 0.1) is 29.1 Å². The molecule has 0 spiro atoms. The summed E-state index contributed by atoms with van der Waals surface area (Å²) in [5, 5.41) is 119. The number of carbonyl (C=O) groups is 16. The quantitative estimate of drug-likeness (QED) is 0.0103. The van der Waals surface area contributed by atoms with Crippen molar-refractivity contribution in [1.29, 1.82) is 5.41 Å². The van der Waals surface area contributed by atoms with Crippen LogP contribution in [0.5, 0.6) is 17.2 Å². The Kier molecular flexibility index (Phi) is 44.4. The molecule has 45 heteroatoms. The molecule has 0 saturated carbocycles. The molecule has 742 valence electrons. The lowest BCUT2D eigenvalue weighted by atomic mass is 9.96. The number of phenolic OH excluding ortho intramolecular Hbond substituents is 3. The van der Waals surface area contributed by atoms with Crippen molar-refractivity contribution in [2.75, 3.05) is 26.2 Å². The van der Waals surface area contributed by atoms with Crippen LogP contribution in [0.4, 0.5) is 0 Å². The topological polar surface area (TPSA) is 742 Å². The van der Waals surface area contributed by atoms with Crippen molar-refractivity contribution in [3.8, 4) is 17.2 Å². The minimum Gasteiger partial charge on any atom is -0.508 e. The predicted molar refractivity (Wildman–Crippen MR) is 495 cm³/mol. The highest BCUT2D eigenvalue weighted by molar-refractivity contribution is 6.01. The number of aromatic hydroxyl groups is 3. The summed E-state index contributed by atoms with van der Waals surface area (Å²) >= 11 is 0. The number of nitrogens with two attached hydrogens (primary N) is 3. The van der Waals surface area contributed by atoms with Crippen LogP contribution in [-0.4, -0.2) is 268 Å². The number of aliphatic carboxylic acids is 2. The number of carbonyl (C=O) groups excluding carboxylic acids is 14. The number of nitrogens with zero attached hydrogens (tertiary/aromatic N) is 1. The minimum absolute atomic E-state index is 0.0000443. The summed E-state index contributed by atoms with van der Waals surface area (Å²) in [5.41, 5.74) is 20.2. The molecule has 31 N–H and O–H groups in total. The Morgan fingerprint density at radius 2 is 0.875 bits per heavy atom. The molecule has 16 atom stereocenters. The molecule has 16 unspecified atom stereocenters. The standard InChI is InChI=1S/C91H130N22O23/c1-10-49(8)75(88(133)108-69(90(135)136)39-55-42-96-45-100-55)112-84(129)67(38-54-41-98-61-17-12-11-16-59(54)61)105-82(127)68(40-72(120)121)106-80(125)64(34-46(2)3)103-81(126)65(36-52-22-28-57(117)29-23-52)104-78(123)63(19-15-33-97-91(94)95)101-85(130)70(44-114)109-87(132)74(48(6)7)111-79(124)62(18-13-14-32-92)102-89(134)76(50(9)115)113-83(128)66(37-53-24-30-58(118)31-25-53)107-86(131)73(47(4)5)110-71(119)43-99-77(122)60(93)35-51-20-26-56(116)27-21-51/h11-12,16-17,20-31,41-42,45-50,60,62-70,73-76,98,114-118H,10,13-15,18-19,32-40,43-44,92-93H2,1-9H3,(H,96,100)(H,99,122)(H,101,130)(H,102,134)(H,103,126)(H,104,123)(H,105,127)(H,106,125)(H,107,131)(H,108,133)(H,109,132)(H,110,119)(H,111,124)(H,112,129)(H,113,128)(H,120,121)(H,135,136)(H4,94,95,97). The number of unbranched alkanes of at least 4 members (excludes halogenated alkanes) is 1. The summed E-state index contributed by atoms with van der Waals surface area (Å²) in [6.07, 6.45) is 0.199. The Morgan fingerprint density at radius 1 is 0.449 bits per heavy atom. The van der Waals surface area contributed by atoms with E-state index in [4.69, 9.17) is 22.6 Å². The van der Waals surface area contributed by atoms with E-state index in [2.05, 4.69) is 94.7 Å². The number of aliphatic hydroxyl groups is 2. The minimum atomic E-state index is -2.01. The van der Waals surface area contributed by atoms with Gasteiger partial charge in [0.15, 0.2) is 5.96 Å². The maximum absolute atomic E-state index is 15.0. The molecule has 6 aromatic rings. The first-order valence-electron chi connectivity index (χ1n) is 44.7. The number of imidazole rings is 1. The SMILES string of the molecule is CCC(C)C(NC(=O)C(Cc1c[nH]c2ccccc12)NC(=O)C(CC(=O)O)NC(=O)C(CC(C)C)NC(=O)C(Cc1ccc(O)cc1)NC(=O)C(CCCNC(=N)N)NC(=O)C(CO)NC(=O)C(NC(=O)C(CCCCN)NC(=O)C(NC(=O)C(Cc1ccc(O)cc1)NC(=O)C(NC(=O)CNC(=O)C(N)Cc1ccc(O)cc1)C(C)C)C(C)O)C(C)C)C(=O)NC(Cc1cnc[nH]1)C(=O)O. The summed E-state index contributed by atoms with van der Waals surface area (Å²) in [6, 6.07) is 1.07. The second kappa shape index (κ2) is 54.7. The van der Waals surface area contributed by atoms with E-state index in [1.54, 1.807) is 84.1 Å². The summed E-state index contributed by atoms with van der Waals surface area (Å²) in [4.78, 5) is 237. The number of para-hydroxylation sites is 1. The largest absolute Gasteiger partial charge is 0.508 e. The average molecular weight is 1900 g/mol. The number of guanidine groups is 1. The number of rotatable bonds is 57. The number of aliphatic hydroxyl groups excluding tert-OH is 2. The number of carboxylic acids is 2. The molecule has 0 aliphatic rings. The van der Waals surface area contributed by atoms with E-state index in [9.17, 15) is 108 Å². The first-order valence-corrected chi connectivity index (χ1v) is 44.7. The highest BCUT2D eigenvalue weighted by Crippen LogP contribution is 2.23. The molecular weight excluding hydrogens is 1770 g/mol. The second-order valence-electron chi connectivity index (χ2n) is 34.5. The smallest absolute Gasteiger partial charge is 0.326 e. The number of amides is 14. The third kappa shape index (κ3) is 36.2. The monoisotopic (exact) mass is 1900 g/mol. The molecule has 0 fully saturated rings. The van der Waals surface area contributed by atoms with Crippen LogP contribution in [0.25, 0.3) is 10.9 Å². The van der Waals surface area contributed by atoms with Crippen molar-refractivity contribution >= 4 is 112 Å². The lowest BCUT2D eigenvalue weighted by molar-refractivity contribution is -0.142. The molecule has 45 nitrogen and oxygen atoms in total. The highest BCUT2D eigenvalue weighted by Gasteiger charge is 2.41. The summed E-state index contributed by atoms with van der Waals surface area (Å²) in [7, 11) is 0. The highest BCUT2D eigenvalue weighted by atomic mass is 16.4. The molecular formula is C91H130N22O23. The van der Waals surface area contributed by atoms with Crippen molar-refractivity contribution in [2.45, 2.75) is 236 Å². The number of hydrogen-bond acceptors (Lipinski definition) is 25. The molecule has 0 aliphatic heterocycles. The van der Waals surface area contributed by atoms with Gasteiger partial charge in [0.05, 0.1) is 38.0 Å². The van der Waals surface area contributed by atoms with Gasteiger partial charge in [0, 0.05) is 61.2 Å². The summed E-state index contributed by atoms with van der Waals surface area (Å²) < 4.78 is 0. The molecule has 4 aromatic carbocycles. The molecule has 136 heavy (non-hydrogen) atoms. The zero-order valence-corrected chi connectivity index (χ0v) is 77.3. The molecule has 0 saturated heterocycles. The Labute approximate surface area is 785 Å². The first kappa shape index (κ1) is 110. The summed E-state index contributed by atoms with van der Waals surface area (Å²) in [6.45, 7) is 12.2. The number of nitrogens with one attached hydrogen (secondary N) is 18. The van der Waals surface area contributed by atoms with E-state index in [-0.39, 0.29) is 94.5 Å². The fourth-order valence-corrected chi connectivity index (χ4v) is 14.4. The van der Waals surface area contributed by atoms with Crippen molar-refractivity contribution < 1.29 is 112 Å². The number of fused-ring (bicyclic) bond motifs is 1. The zero-order valence-electron chi connectivity index (χ0n) is 77.3. The Balaban J connectivity index is 1.20. The number of aromatic amines is 2. The lowest BCUT2D eigenvalue weighted by Crippen LogP contribution is -2.63. The van der Waals surface area contributed by atoms with Gasteiger partial charge in [0.2, 0.25) is 82.7 Å². The number of phenols is 3. The van der Waals surface area contributed by atoms with Crippen LogP contribution in [-0.2, 0) is 109 Å². The normalized spacial score (nSPS) is 14.8. The van der Waals surface area contributed by atoms with E-state index >= 15 is 4.79 Å². The third-order valence-electron chi connectivity index (χ3n) is 22.2. The van der Waals surface area contributed by atoms with Gasteiger partial charge < -0.3 is 143 Å². The van der Waals surface area contributed by atoms with Gasteiger partial charge in [-0.3, -0.25) is 77.3 Å². The molecule has 0 radical (unpaired) electrons. The third-order valence-corrected chi connectivity index (χ3v) is 22.2. The average Bonchev–Trinajstić information content (AvgIpc) is 1.61. The molecule has 14 amide bonds. The van der Waals surface area contributed by atoms with E-state index in [1.807, 2.05) is 0 Å². The number of hydrogen-bond donors (Lipinski definition) is 28. The van der Waals surface area contributed by atoms with E-state index in [0.29, 0.717) is 45.3 Å². The summed E-state index contributed by atoms with van der Waals surface area (Å²) in [5.74, 6) is -20.8. The molecule has 6 rings (SSSR count). The first-order chi connectivity index (χ1) is 64.4. The fourth-order valence-electron chi connectivity index (χ4n) is 14.4. The van der Waals surface area contributed by atoms with Crippen molar-refractivity contribution in [3.63, 3.8) is 0 Å². The Morgan fingerprint density at radius 3 is 1.38 bits per heavy atom. The van der Waals surface area contributed by atoms with Crippen LogP contribution in [0.1, 0.15) is 142 Å². The van der Waals surface area contributed by atoms with Gasteiger partial charge >= 0.3 is 11.9 Å². The van der Waals surface area contributed by atoms with Gasteiger partial charge in [0.1, 0.15) is 95.8 Å². The van der Waals surface area contributed by atoms with Gasteiger partial charge in [-0.1, -0.05) is 116 Å². The van der Waals surface area contributed by atoms with Crippen molar-refractivity contribution in [3.05, 3.63) is 144 Å². The van der Waals surface area contributed by atoms with Crippen LogP contribution < -0.4 is 97.0 Å². The van der Waals surface area contributed by atoms with Crippen LogP contribution in [0.3, 0.4) is 0 Å². The maximum Gasteiger partial charge on any atom is 0.326 e. The molecule has 2 aromatic heterocycles. The molecule has 0 bridgehead atoms. The number of H-pyrrole nitrogens is 2. The maximum atomic E-state index is 15.0. The molecule has 0 aliphatic carbocycles. The van der Waals surface area contributed by atoms with Gasteiger partial charge in [-0.2, -0.15) is 0 Å². The van der Waals surface area contributed by atoms with Crippen LogP contribution in [0.2, 0.25) is 0 Å². The van der Waals surface area contributed by atoms with Crippen LogP contribution in [0.15, 0.2) is 116 Å². The fraction of sp³-hybridized carbons (Fsp3) is 0.495. The van der Waals surface area contributed by atoms with Crippen LogP contribution >= 0.6 is 0 Å². The number of aromatic nitrogens is 3. The van der Waals surface area contributed by atoms with Crippen molar-refractivity contribution in [1.82, 2.24) is 94.7 Å². The van der Waals surface area contributed by atoms with E-state index in [1.165, 1.54) is 87.0 Å². The van der Waals surface area contributed by atoms with Gasteiger partial charge in [0.25, 0.3) is 0 Å². The number of benzene rings is 4. The second-order valence-corrected chi connectivity index (χ2v) is 34.5. The predicted octanol–water partition coefficient (Wildman–Crippen LogP) is -3.00. The number of carboxylic acid groups (broad SMARTS) is 2. The van der Waals surface area contributed by atoms with E-state index in [0.717, 1.165) is 6.92 Å². The zero-order chi connectivity index (χ0) is 101. The Bertz CT molecular complexity index is 5040. The van der Waals surface area contributed by atoms with Gasteiger partial charge in [-0.25, -0.2) is 9.78 Å². The lowest BCUT2D eigenvalue weighted by Gasteiger charge is -2.30. The van der Waals surface area contributed by atoms with Crippen molar-refractivity contribution in [2.24, 2.45) is 40.9 Å². The Hall–Kier alpha value is -14.3. The van der Waals surface area contributed by atoms with E-state index < -0.39 is 241 Å².